The van der Waals surface area contributed by atoms with Gasteiger partial charge in [-0.15, -0.1) is 0 Å². The second kappa shape index (κ2) is 15.2. The van der Waals surface area contributed by atoms with Gasteiger partial charge in [0.05, 0.1) is 4.75 Å². The summed E-state index contributed by atoms with van der Waals surface area (Å²) < 4.78 is -0.548. The van der Waals surface area contributed by atoms with E-state index in [9.17, 15) is 10.2 Å². The molecule has 0 radical (unpaired) electrons. The predicted octanol–water partition coefficient (Wildman–Crippen LogP) is 11.8. The maximum Gasteiger partial charge on any atom is 0.119 e. The number of aromatic hydroxyl groups is 2. The number of phenolic OH excluding ortho intramolecular Hbond substituents is 2. The van der Waals surface area contributed by atoms with Gasteiger partial charge in [-0.25, -0.2) is 0 Å². The van der Waals surface area contributed by atoms with Crippen LogP contribution >= 0.6 is 12.6 Å². The molecule has 232 valence electrons. The summed E-state index contributed by atoms with van der Waals surface area (Å²) in [7, 11) is 0. The van der Waals surface area contributed by atoms with Gasteiger partial charge in [-0.05, 0) is 94.7 Å². The van der Waals surface area contributed by atoms with Gasteiger partial charge in [0.15, 0.2) is 0 Å². The number of hydrogen-bond donors (Lipinski definition) is 3. The number of aryl methyl sites for hydroxylation is 2. The Kier molecular flexibility index (Phi) is 13.2. The van der Waals surface area contributed by atoms with Crippen molar-refractivity contribution in [1.29, 1.82) is 0 Å². The van der Waals surface area contributed by atoms with E-state index >= 15 is 0 Å². The average molecular weight is 583 g/mol. The highest BCUT2D eigenvalue weighted by atomic mass is 32.1. The topological polar surface area (TPSA) is 40.5 Å². The second-order valence-corrected chi connectivity index (χ2v) is 15.8. The molecule has 0 spiro atoms. The van der Waals surface area contributed by atoms with Crippen molar-refractivity contribution >= 4 is 12.6 Å². The second-order valence-electron chi connectivity index (χ2n) is 15.0. The molecule has 1 unspecified atom stereocenters. The molecule has 2 nitrogen and oxygen atoms in total. The monoisotopic (exact) mass is 582 g/mol. The fourth-order valence-corrected chi connectivity index (χ4v) is 7.22. The molecule has 0 aromatic heterocycles. The summed E-state index contributed by atoms with van der Waals surface area (Å²) >= 11 is 5.59. The Morgan fingerprint density at radius 3 is 1.34 bits per heavy atom. The Morgan fingerprint density at radius 1 is 0.610 bits per heavy atom. The molecule has 0 aliphatic rings. The lowest BCUT2D eigenvalue weighted by Gasteiger charge is -2.37. The molecule has 2 aromatic carbocycles. The minimum atomic E-state index is -0.548. The molecule has 0 aliphatic carbocycles. The van der Waals surface area contributed by atoms with Gasteiger partial charge in [0.25, 0.3) is 0 Å². The van der Waals surface area contributed by atoms with Gasteiger partial charge in [0.1, 0.15) is 11.5 Å². The van der Waals surface area contributed by atoms with Crippen LogP contribution in [0.2, 0.25) is 0 Å². The van der Waals surface area contributed by atoms with Gasteiger partial charge in [-0.3, -0.25) is 0 Å². The van der Waals surface area contributed by atoms with Crippen LogP contribution in [0.4, 0.5) is 0 Å². The van der Waals surface area contributed by atoms with Gasteiger partial charge in [0.2, 0.25) is 0 Å². The highest BCUT2D eigenvalue weighted by Gasteiger charge is 2.37. The first-order valence-electron chi connectivity index (χ1n) is 16.4. The number of hydrogen-bond acceptors (Lipinski definition) is 3. The molecular weight excluding hydrogens is 520 g/mol. The first kappa shape index (κ1) is 35.6. The smallest absolute Gasteiger partial charge is 0.119 e. The molecule has 0 bridgehead atoms. The van der Waals surface area contributed by atoms with E-state index in [1.54, 1.807) is 0 Å². The molecule has 3 heteroatoms. The Hall–Kier alpha value is -1.61. The van der Waals surface area contributed by atoms with E-state index in [1.165, 1.54) is 70.6 Å². The zero-order valence-electron chi connectivity index (χ0n) is 28.2. The van der Waals surface area contributed by atoms with Crippen molar-refractivity contribution in [2.24, 2.45) is 5.92 Å². The van der Waals surface area contributed by atoms with E-state index in [4.69, 9.17) is 12.6 Å². The third kappa shape index (κ3) is 9.97. The lowest BCUT2D eigenvalue weighted by atomic mass is 9.74. The van der Waals surface area contributed by atoms with Gasteiger partial charge in [-0.1, -0.05) is 126 Å². The number of benzene rings is 2. The SMILES string of the molecule is CCCCCCCCCCCCC(C)CC(S)(c1cc(C(C)(C)C)c(O)cc1C)c1cc(C(C)(C)C)c(O)cc1C. The highest BCUT2D eigenvalue weighted by molar-refractivity contribution is 7.81. The fraction of sp³-hybridized carbons (Fsp3) is 0.684. The summed E-state index contributed by atoms with van der Waals surface area (Å²) in [4.78, 5) is 0. The van der Waals surface area contributed by atoms with Crippen LogP contribution in [0, 0.1) is 19.8 Å². The zero-order chi connectivity index (χ0) is 31.0. The van der Waals surface area contributed by atoms with Crippen molar-refractivity contribution < 1.29 is 10.2 Å². The normalized spacial score (nSPS) is 13.5. The maximum absolute atomic E-state index is 10.9. The van der Waals surface area contributed by atoms with Crippen molar-refractivity contribution in [3.63, 3.8) is 0 Å². The summed E-state index contributed by atoms with van der Waals surface area (Å²) in [5.41, 5.74) is 5.95. The Balaban J connectivity index is 2.35. The minimum Gasteiger partial charge on any atom is -0.508 e. The van der Waals surface area contributed by atoms with Crippen LogP contribution < -0.4 is 0 Å². The molecule has 2 aromatic rings. The van der Waals surface area contributed by atoms with E-state index in [1.807, 2.05) is 12.1 Å². The molecule has 0 heterocycles. The third-order valence-corrected chi connectivity index (χ3v) is 9.55. The summed E-state index contributed by atoms with van der Waals surface area (Å²) in [6.07, 6.45) is 15.6. The minimum absolute atomic E-state index is 0.191. The van der Waals surface area contributed by atoms with E-state index in [2.05, 4.69) is 81.4 Å². The Labute approximate surface area is 259 Å². The fourth-order valence-electron chi connectivity index (χ4n) is 6.43. The molecule has 0 fully saturated rings. The number of phenols is 2. The van der Waals surface area contributed by atoms with Crippen LogP contribution in [0.3, 0.4) is 0 Å². The lowest BCUT2D eigenvalue weighted by molar-refractivity contribution is 0.415. The van der Waals surface area contributed by atoms with Crippen LogP contribution in [0.15, 0.2) is 24.3 Å². The number of rotatable bonds is 15. The van der Waals surface area contributed by atoms with Gasteiger partial charge >= 0.3 is 0 Å². The molecule has 2 N–H and O–H groups in total. The summed E-state index contributed by atoms with van der Waals surface area (Å²) in [5.74, 6) is 1.19. The first-order valence-corrected chi connectivity index (χ1v) is 16.9. The predicted molar refractivity (Wildman–Crippen MR) is 183 cm³/mol. The van der Waals surface area contributed by atoms with Crippen LogP contribution in [-0.2, 0) is 15.6 Å². The third-order valence-electron chi connectivity index (χ3n) is 8.89. The highest BCUT2D eigenvalue weighted by Crippen LogP contribution is 2.49. The van der Waals surface area contributed by atoms with Crippen LogP contribution in [-0.4, -0.2) is 10.2 Å². The van der Waals surface area contributed by atoms with Crippen molar-refractivity contribution in [3.05, 3.63) is 57.6 Å². The zero-order valence-corrected chi connectivity index (χ0v) is 29.1. The molecule has 0 aliphatic heterocycles. The Bertz CT molecular complexity index is 1030. The van der Waals surface area contributed by atoms with Gasteiger partial charge in [-0.2, -0.15) is 12.6 Å². The molecule has 0 amide bonds. The number of thiol groups is 1. The van der Waals surface area contributed by atoms with E-state index < -0.39 is 4.75 Å². The molecule has 1 atom stereocenters. The van der Waals surface area contributed by atoms with E-state index in [0.29, 0.717) is 17.4 Å². The molecule has 0 saturated carbocycles. The van der Waals surface area contributed by atoms with E-state index in [0.717, 1.165) is 39.8 Å². The van der Waals surface area contributed by atoms with Crippen LogP contribution in [0.5, 0.6) is 11.5 Å². The molecule has 41 heavy (non-hydrogen) atoms. The quantitative estimate of drug-likeness (QED) is 0.144. The Morgan fingerprint density at radius 2 is 0.976 bits per heavy atom. The largest absolute Gasteiger partial charge is 0.508 e. The molecule has 2 rings (SSSR count). The lowest BCUT2D eigenvalue weighted by Crippen LogP contribution is -2.28. The van der Waals surface area contributed by atoms with E-state index in [-0.39, 0.29) is 10.8 Å². The van der Waals surface area contributed by atoms with Crippen molar-refractivity contribution in [3.8, 4) is 11.5 Å². The molecular formula is C38H62O2S. The van der Waals surface area contributed by atoms with Crippen molar-refractivity contribution in [2.75, 3.05) is 0 Å². The van der Waals surface area contributed by atoms with Gasteiger partial charge < -0.3 is 10.2 Å². The summed E-state index contributed by atoms with van der Waals surface area (Å²) in [6, 6.07) is 8.25. The first-order chi connectivity index (χ1) is 19.0. The summed E-state index contributed by atoms with van der Waals surface area (Å²) in [5, 5.41) is 21.8. The van der Waals surface area contributed by atoms with Crippen molar-refractivity contribution in [2.45, 2.75) is 162 Å². The average Bonchev–Trinajstić information content (AvgIpc) is 2.83. The van der Waals surface area contributed by atoms with Gasteiger partial charge in [0, 0.05) is 0 Å². The van der Waals surface area contributed by atoms with Crippen molar-refractivity contribution in [1.82, 2.24) is 0 Å². The summed E-state index contributed by atoms with van der Waals surface area (Å²) in [6.45, 7) is 21.8. The van der Waals surface area contributed by atoms with Crippen LogP contribution in [0.1, 0.15) is 166 Å². The standard InChI is InChI=1S/C38H62O2S/c1-11-12-13-14-15-16-17-18-19-20-21-27(2)26-38(41,30-24-32(36(5,6)7)34(39)22-28(30)3)31-25-33(37(8,9)10)35(40)23-29(31)4/h22-25,27,39-41H,11-21,26H2,1-10H3. The maximum atomic E-state index is 10.9. The molecule has 0 saturated heterocycles. The van der Waals surface area contributed by atoms with Crippen LogP contribution in [0.25, 0.3) is 0 Å². The number of unbranched alkanes of at least 4 members (excludes halogenated alkanes) is 9.